The van der Waals surface area contributed by atoms with E-state index in [1.807, 2.05) is 0 Å². The maximum absolute atomic E-state index is 12.0. The number of aryl methyl sites for hydroxylation is 2. The Kier molecular flexibility index (Phi) is 2.88. The van der Waals surface area contributed by atoms with Gasteiger partial charge in [0, 0.05) is 24.9 Å². The first-order valence-electron chi connectivity index (χ1n) is 6.49. The first kappa shape index (κ1) is 11.8. The zero-order valence-corrected chi connectivity index (χ0v) is 11.3. The average Bonchev–Trinajstić information content (AvgIpc) is 3.05. The molecule has 3 aromatic rings. The molecule has 0 amide bonds. The SMILES string of the molecule is [3H]n1ccc(OCc2c(-n3nnn(C)c3=O)cnnc2C)n1. The third kappa shape index (κ3) is 2.38. The van der Waals surface area contributed by atoms with Crippen molar-refractivity contribution in [1.29, 1.82) is 0 Å². The number of aromatic nitrogens is 8. The molecule has 3 aromatic heterocycles. The zero-order valence-electron chi connectivity index (χ0n) is 12.3. The molecular formula is C11H12N8O2. The first-order valence-corrected chi connectivity index (χ1v) is 6.04. The molecule has 10 heteroatoms. The van der Waals surface area contributed by atoms with Crippen LogP contribution in [-0.4, -0.2) is 40.2 Å². The molecule has 108 valence electrons. The van der Waals surface area contributed by atoms with E-state index in [4.69, 9.17) is 6.15 Å². The van der Waals surface area contributed by atoms with Crippen molar-refractivity contribution in [3.63, 3.8) is 0 Å². The Labute approximate surface area is 119 Å². The van der Waals surface area contributed by atoms with Crippen molar-refractivity contribution in [2.45, 2.75) is 13.5 Å². The molecular weight excluding hydrogens is 276 g/mol. The van der Waals surface area contributed by atoms with Crippen LogP contribution in [0, 0.1) is 6.92 Å². The minimum Gasteiger partial charge on any atom is -0.472 e. The molecule has 0 aliphatic heterocycles. The molecule has 3 heterocycles. The van der Waals surface area contributed by atoms with Crippen molar-refractivity contribution in [1.82, 2.24) is 40.2 Å². The number of aromatic amines is 1. The van der Waals surface area contributed by atoms with E-state index >= 15 is 0 Å². The number of tetrazole rings is 1. The molecule has 21 heavy (non-hydrogen) atoms. The quantitative estimate of drug-likeness (QED) is 0.679. The van der Waals surface area contributed by atoms with Gasteiger partial charge >= 0.3 is 5.69 Å². The Balaban J connectivity index is 1.96. The normalized spacial score (nSPS) is 11.4. The predicted octanol–water partition coefficient (Wildman–Crippen LogP) is -0.633. The minimum atomic E-state index is -0.399. The zero-order chi connectivity index (χ0) is 15.7. The van der Waals surface area contributed by atoms with E-state index < -0.39 is 5.69 Å². The molecule has 0 unspecified atom stereocenters. The molecule has 0 radical (unpaired) electrons. The fourth-order valence-electron chi connectivity index (χ4n) is 1.76. The lowest BCUT2D eigenvalue weighted by Crippen LogP contribution is -2.24. The van der Waals surface area contributed by atoms with E-state index in [-0.39, 0.29) is 6.61 Å². The van der Waals surface area contributed by atoms with Crippen LogP contribution in [0.5, 0.6) is 5.88 Å². The fraction of sp³-hybridized carbons (Fsp3) is 0.273. The highest BCUT2D eigenvalue weighted by molar-refractivity contribution is 5.39. The minimum absolute atomic E-state index is 0.108. The Morgan fingerprint density at radius 1 is 1.48 bits per heavy atom. The number of hydrogen-bond donors (Lipinski definition) is 1. The van der Waals surface area contributed by atoms with Crippen LogP contribution in [0.15, 0.2) is 23.3 Å². The van der Waals surface area contributed by atoms with Gasteiger partial charge < -0.3 is 4.74 Å². The van der Waals surface area contributed by atoms with Crippen LogP contribution in [0.3, 0.4) is 0 Å². The van der Waals surface area contributed by atoms with Gasteiger partial charge in [-0.15, -0.1) is 5.10 Å². The largest absolute Gasteiger partial charge is 0.472 e. The summed E-state index contributed by atoms with van der Waals surface area (Å²) in [5.74, 6) is 0.295. The highest BCUT2D eigenvalue weighted by Gasteiger charge is 2.15. The molecule has 0 spiro atoms. The lowest BCUT2D eigenvalue weighted by atomic mass is 10.2. The van der Waals surface area contributed by atoms with Crippen molar-refractivity contribution >= 4 is 0 Å². The summed E-state index contributed by atoms with van der Waals surface area (Å²) in [4.78, 5) is 12.0. The second-order valence-corrected chi connectivity index (χ2v) is 4.25. The van der Waals surface area contributed by atoms with Gasteiger partial charge in [0.25, 0.3) is 0 Å². The number of H-pyrrole nitrogens is 1. The number of ether oxygens (including phenoxy) is 1. The van der Waals surface area contributed by atoms with Crippen molar-refractivity contribution in [2.75, 3.05) is 0 Å². The molecule has 0 aliphatic rings. The third-order valence-corrected chi connectivity index (χ3v) is 2.89. The maximum Gasteiger partial charge on any atom is 0.368 e. The molecule has 0 atom stereocenters. The summed E-state index contributed by atoms with van der Waals surface area (Å²) in [5.41, 5.74) is 1.28. The molecule has 0 saturated heterocycles. The van der Waals surface area contributed by atoms with Gasteiger partial charge in [0.05, 0.1) is 11.9 Å². The molecule has 0 saturated carbocycles. The molecule has 1 N–H and O–H groups in total. The molecule has 3 rings (SSSR count). The number of hydrogen-bond acceptors (Lipinski definition) is 7. The number of nitrogens with one attached hydrogen (secondary N) is 1. The van der Waals surface area contributed by atoms with Crippen molar-refractivity contribution < 1.29 is 6.15 Å². The first-order chi connectivity index (χ1) is 10.6. The van der Waals surface area contributed by atoms with E-state index in [1.54, 1.807) is 13.0 Å². The van der Waals surface area contributed by atoms with Crippen LogP contribution in [0.25, 0.3) is 5.69 Å². The van der Waals surface area contributed by atoms with E-state index in [0.717, 1.165) is 14.5 Å². The van der Waals surface area contributed by atoms with Crippen LogP contribution in [0.4, 0.5) is 0 Å². The topological polar surface area (TPSA) is 116 Å². The van der Waals surface area contributed by atoms with Crippen LogP contribution in [0.1, 0.15) is 11.3 Å². The van der Waals surface area contributed by atoms with Crippen molar-refractivity contribution in [3.8, 4) is 11.6 Å². The van der Waals surface area contributed by atoms with Gasteiger partial charge in [-0.05, 0) is 17.4 Å². The second kappa shape index (κ2) is 5.15. The van der Waals surface area contributed by atoms with Crippen molar-refractivity contribution in [3.05, 3.63) is 40.2 Å². The molecule has 0 bridgehead atoms. The third-order valence-electron chi connectivity index (χ3n) is 2.89. The average molecular weight is 290 g/mol. The highest BCUT2D eigenvalue weighted by Crippen LogP contribution is 2.16. The second-order valence-electron chi connectivity index (χ2n) is 4.25. The Hall–Kier alpha value is -3.04. The fourth-order valence-corrected chi connectivity index (χ4v) is 1.76. The molecule has 0 aromatic carbocycles. The Bertz CT molecular complexity index is 867. The monoisotopic (exact) mass is 290 g/mol. The Morgan fingerprint density at radius 2 is 2.33 bits per heavy atom. The molecule has 0 aliphatic carbocycles. The summed E-state index contributed by atoms with van der Waals surface area (Å²) in [5, 5.41) is 20.0. The molecule has 0 fully saturated rings. The standard InChI is InChI=1S/C11H12N8O2/c1-7-8(6-21-10-3-4-12-15-10)9(5-13-14-7)19-11(20)18(2)16-17-19/h3-5H,6H2,1-2H3,(H,12,15)/i/hT. The Morgan fingerprint density at radius 3 is 3.00 bits per heavy atom. The van der Waals surface area contributed by atoms with Crippen molar-refractivity contribution in [2.24, 2.45) is 7.05 Å². The highest BCUT2D eigenvalue weighted by atomic mass is 16.5. The van der Waals surface area contributed by atoms with Crippen LogP contribution < -0.4 is 10.4 Å². The van der Waals surface area contributed by atoms with Gasteiger partial charge in [-0.1, -0.05) is 0 Å². The molecule has 10 nitrogen and oxygen atoms in total. The lowest BCUT2D eigenvalue weighted by Gasteiger charge is -2.09. The predicted molar refractivity (Wildman–Crippen MR) is 69.8 cm³/mol. The summed E-state index contributed by atoms with van der Waals surface area (Å²) in [6.45, 7) is 1.86. The van der Waals surface area contributed by atoms with Gasteiger partial charge in [-0.25, -0.2) is 4.79 Å². The summed E-state index contributed by atoms with van der Waals surface area (Å²) in [6, 6.07) is 1.56. The van der Waals surface area contributed by atoms with Gasteiger partial charge in [0.1, 0.15) is 12.3 Å². The van der Waals surface area contributed by atoms with Gasteiger partial charge in [0.2, 0.25) is 5.88 Å². The van der Waals surface area contributed by atoms with Gasteiger partial charge in [-0.3, -0.25) is 5.09 Å². The van der Waals surface area contributed by atoms with Gasteiger partial charge in [-0.2, -0.15) is 19.6 Å². The maximum atomic E-state index is 12.0. The summed E-state index contributed by atoms with van der Waals surface area (Å²) < 4.78 is 15.0. The van der Waals surface area contributed by atoms with E-state index in [1.165, 1.54) is 19.4 Å². The summed E-state index contributed by atoms with van der Waals surface area (Å²) in [6.07, 6.45) is 2.87. The van der Waals surface area contributed by atoms with Crippen LogP contribution in [0.2, 0.25) is 1.41 Å². The van der Waals surface area contributed by atoms with E-state index in [9.17, 15) is 4.79 Å². The van der Waals surface area contributed by atoms with Crippen LogP contribution in [-0.2, 0) is 13.7 Å². The number of nitrogens with zero attached hydrogens (tertiary/aromatic N) is 7. The van der Waals surface area contributed by atoms with Gasteiger partial charge in [0.15, 0.2) is 1.41 Å². The summed E-state index contributed by atoms with van der Waals surface area (Å²) in [7, 11) is 1.50. The summed E-state index contributed by atoms with van der Waals surface area (Å²) >= 11 is 0. The van der Waals surface area contributed by atoms with E-state index in [2.05, 4.69) is 25.7 Å². The smallest absolute Gasteiger partial charge is 0.368 e. The lowest BCUT2D eigenvalue weighted by molar-refractivity contribution is 0.291. The van der Waals surface area contributed by atoms with E-state index in [0.29, 0.717) is 22.8 Å². The van der Waals surface area contributed by atoms with Crippen LogP contribution >= 0.6 is 0 Å². The number of rotatable bonds is 4.